The van der Waals surface area contributed by atoms with Crippen molar-refractivity contribution >= 4 is 55.3 Å². The maximum absolute atomic E-state index is 11.5. The molecule has 3 aliphatic rings. The highest BCUT2D eigenvalue weighted by Crippen LogP contribution is 2.48. The number of aliphatic hydroxyl groups excluding tert-OH is 1. The molecule has 0 bridgehead atoms. The molecule has 4 N–H and O–H groups in total. The number of para-hydroxylation sites is 2. The summed E-state index contributed by atoms with van der Waals surface area (Å²) in [6.45, 7) is 12.5. The second kappa shape index (κ2) is 21.5. The van der Waals surface area contributed by atoms with E-state index in [1.807, 2.05) is 30.3 Å². The first-order chi connectivity index (χ1) is 31.3. The van der Waals surface area contributed by atoms with Crippen LogP contribution in [0.1, 0.15) is 103 Å². The molecule has 4 aromatic rings. The molecular formula is C54H67N4O5S2+. The molecule has 0 saturated heterocycles. The molecule has 0 aromatic heterocycles. The van der Waals surface area contributed by atoms with Gasteiger partial charge in [-0.15, -0.1) is 0 Å². The molecule has 1 aliphatic carbocycles. The Balaban J connectivity index is 1.21. The standard InChI is InChI=1S/C54H66N4O5S2/c1-53(2)45-26-12-13-27-46(45)57(36-15-17-39-65(60,61)62)48(53)32-29-41-21-18-22-42(51(41)63-43-23-8-7-9-24-43)30-33-49-54(3,4)50-44-25-11-10-20-40(44)28-31-47(50)58(49)37-19-35-56-52(64)55-34-14-5-6-16-38-59/h7-13,20,23-33,59H,5-6,14-19,21-22,34-39H2,1-4H3,(H2-,55,56,60,61,62,64)/p+1. The molecule has 11 heteroatoms. The fraction of sp³-hybridized carbons (Fsp3) is 0.407. The lowest BCUT2D eigenvalue weighted by atomic mass is 9.78. The van der Waals surface area contributed by atoms with Gasteiger partial charge < -0.3 is 25.4 Å². The van der Waals surface area contributed by atoms with Crippen LogP contribution in [0.3, 0.4) is 0 Å². The van der Waals surface area contributed by atoms with Gasteiger partial charge in [-0.2, -0.15) is 13.0 Å². The first kappa shape index (κ1) is 47.9. The van der Waals surface area contributed by atoms with Crippen molar-refractivity contribution in [1.29, 1.82) is 0 Å². The minimum Gasteiger partial charge on any atom is -0.457 e. The predicted octanol–water partition coefficient (Wildman–Crippen LogP) is 11.0. The molecule has 2 aliphatic heterocycles. The number of unbranched alkanes of at least 4 members (excludes halogenated alkanes) is 4. The minimum atomic E-state index is -4.02. The summed E-state index contributed by atoms with van der Waals surface area (Å²) in [6, 6.07) is 31.7. The zero-order valence-electron chi connectivity index (χ0n) is 38.6. The molecule has 0 saturated carbocycles. The van der Waals surface area contributed by atoms with Gasteiger partial charge in [-0.25, -0.2) is 0 Å². The second-order valence-electron chi connectivity index (χ2n) is 18.5. The average molecular weight is 916 g/mol. The summed E-state index contributed by atoms with van der Waals surface area (Å²) in [6.07, 6.45) is 17.7. The Labute approximate surface area is 392 Å². The van der Waals surface area contributed by atoms with Crippen molar-refractivity contribution in [3.63, 3.8) is 0 Å². The van der Waals surface area contributed by atoms with Crippen molar-refractivity contribution in [2.75, 3.05) is 43.4 Å². The largest absolute Gasteiger partial charge is 0.457 e. The molecule has 4 aromatic carbocycles. The summed E-state index contributed by atoms with van der Waals surface area (Å²) in [4.78, 5) is 2.32. The van der Waals surface area contributed by atoms with Crippen molar-refractivity contribution in [3.8, 4) is 5.75 Å². The summed E-state index contributed by atoms with van der Waals surface area (Å²) >= 11 is 5.63. The Morgan fingerprint density at radius 3 is 2.31 bits per heavy atom. The molecule has 0 atom stereocenters. The lowest BCUT2D eigenvalue weighted by Gasteiger charge is -2.27. The minimum absolute atomic E-state index is 0.245. The van der Waals surface area contributed by atoms with E-state index in [1.165, 1.54) is 33.3 Å². The molecule has 65 heavy (non-hydrogen) atoms. The fourth-order valence-electron chi connectivity index (χ4n) is 9.82. The predicted molar refractivity (Wildman–Crippen MR) is 271 cm³/mol. The van der Waals surface area contributed by atoms with Crippen LogP contribution in [-0.4, -0.2) is 72.0 Å². The Morgan fingerprint density at radius 1 is 0.800 bits per heavy atom. The highest BCUT2D eigenvalue weighted by molar-refractivity contribution is 7.85. The van der Waals surface area contributed by atoms with E-state index in [0.717, 1.165) is 105 Å². The van der Waals surface area contributed by atoms with E-state index in [4.69, 9.17) is 22.1 Å². The third-order valence-electron chi connectivity index (χ3n) is 13.1. The molecule has 7 rings (SSSR count). The van der Waals surface area contributed by atoms with Crippen molar-refractivity contribution in [2.24, 2.45) is 0 Å². The lowest BCUT2D eigenvalue weighted by molar-refractivity contribution is -0.437. The number of anilines is 1. The van der Waals surface area contributed by atoms with Gasteiger partial charge in [0.15, 0.2) is 17.4 Å². The molecule has 0 radical (unpaired) electrons. The number of rotatable bonds is 20. The Kier molecular flexibility index (Phi) is 15.8. The smallest absolute Gasteiger partial charge is 0.264 e. The van der Waals surface area contributed by atoms with E-state index in [2.05, 4.69) is 133 Å². The van der Waals surface area contributed by atoms with E-state index < -0.39 is 10.1 Å². The van der Waals surface area contributed by atoms with Crippen LogP contribution in [0, 0.1) is 0 Å². The third-order valence-corrected chi connectivity index (χ3v) is 14.2. The number of allylic oxidation sites excluding steroid dienone is 7. The normalized spacial score (nSPS) is 18.0. The van der Waals surface area contributed by atoms with Crippen LogP contribution in [0.15, 0.2) is 138 Å². The molecule has 344 valence electrons. The molecule has 0 unspecified atom stereocenters. The SMILES string of the molecule is CC1(C)C(=CC=C2CCCC(C=CC3=[N+](CCCNC(=S)NCCCCCCO)c4ccc5ccccc5c4C3(C)C)=C2Oc2ccccc2)N(CCCCS(=O)(=O)O)c2ccccc21. The van der Waals surface area contributed by atoms with Crippen LogP contribution >= 0.6 is 12.2 Å². The van der Waals surface area contributed by atoms with Crippen LogP contribution in [0.2, 0.25) is 0 Å². The van der Waals surface area contributed by atoms with Gasteiger partial charge in [0, 0.05) is 67.2 Å². The Bertz CT molecular complexity index is 2610. The quantitative estimate of drug-likeness (QED) is 0.0298. The van der Waals surface area contributed by atoms with Gasteiger partial charge >= 0.3 is 0 Å². The van der Waals surface area contributed by atoms with Crippen molar-refractivity contribution in [3.05, 3.63) is 149 Å². The maximum atomic E-state index is 11.5. The molecule has 9 nitrogen and oxygen atoms in total. The number of nitrogens with zero attached hydrogens (tertiary/aromatic N) is 2. The molecular weight excluding hydrogens is 849 g/mol. The molecule has 0 fully saturated rings. The Hall–Kier alpha value is -5.07. The van der Waals surface area contributed by atoms with Crippen LogP contribution in [0.5, 0.6) is 5.75 Å². The number of benzene rings is 4. The van der Waals surface area contributed by atoms with Crippen molar-refractivity contribution in [1.82, 2.24) is 10.6 Å². The van der Waals surface area contributed by atoms with E-state index >= 15 is 0 Å². The highest BCUT2D eigenvalue weighted by atomic mass is 32.2. The van der Waals surface area contributed by atoms with Crippen LogP contribution in [-0.2, 0) is 20.9 Å². The zero-order valence-corrected chi connectivity index (χ0v) is 40.2. The van der Waals surface area contributed by atoms with Crippen molar-refractivity contribution < 1.29 is 27.4 Å². The highest BCUT2D eigenvalue weighted by Gasteiger charge is 2.45. The van der Waals surface area contributed by atoms with Gasteiger partial charge in [0.05, 0.1) is 11.2 Å². The van der Waals surface area contributed by atoms with Gasteiger partial charge in [0.25, 0.3) is 10.1 Å². The molecule has 0 amide bonds. The summed E-state index contributed by atoms with van der Waals surface area (Å²) in [5.41, 5.74) is 9.05. The second-order valence-corrected chi connectivity index (χ2v) is 20.5. The first-order valence-corrected chi connectivity index (χ1v) is 25.5. The van der Waals surface area contributed by atoms with Gasteiger partial charge in [-0.1, -0.05) is 93.4 Å². The van der Waals surface area contributed by atoms with Crippen LogP contribution in [0.4, 0.5) is 11.4 Å². The van der Waals surface area contributed by atoms with Crippen molar-refractivity contribution in [2.45, 2.75) is 103 Å². The Morgan fingerprint density at radius 2 is 1.52 bits per heavy atom. The van der Waals surface area contributed by atoms with E-state index in [9.17, 15) is 13.0 Å². The monoisotopic (exact) mass is 915 g/mol. The zero-order chi connectivity index (χ0) is 46.0. The fourth-order valence-corrected chi connectivity index (χ4v) is 10.6. The van der Waals surface area contributed by atoms with Crippen LogP contribution in [0.25, 0.3) is 10.8 Å². The van der Waals surface area contributed by atoms with E-state index in [0.29, 0.717) is 24.5 Å². The van der Waals surface area contributed by atoms with Gasteiger partial charge in [-0.05, 0) is 135 Å². The third kappa shape index (κ3) is 11.5. The number of ether oxygens (including phenoxy) is 1. The lowest BCUT2D eigenvalue weighted by Crippen LogP contribution is -2.37. The number of hydrogen-bond donors (Lipinski definition) is 4. The topological polar surface area (TPSA) is 114 Å². The van der Waals surface area contributed by atoms with Gasteiger partial charge in [0.1, 0.15) is 11.5 Å². The molecule has 0 spiro atoms. The maximum Gasteiger partial charge on any atom is 0.264 e. The number of hydrogen-bond acceptors (Lipinski definition) is 6. The summed E-state index contributed by atoms with van der Waals surface area (Å²) in [5, 5.41) is 19.0. The number of fused-ring (bicyclic) bond motifs is 4. The molecule has 2 heterocycles. The number of nitrogens with one attached hydrogen (secondary N) is 2. The van der Waals surface area contributed by atoms with E-state index in [-0.39, 0.29) is 23.2 Å². The average Bonchev–Trinajstić information content (AvgIpc) is 3.64. The van der Waals surface area contributed by atoms with Crippen LogP contribution < -0.4 is 20.3 Å². The number of aliphatic hydroxyl groups is 1. The first-order valence-electron chi connectivity index (χ1n) is 23.5. The summed E-state index contributed by atoms with van der Waals surface area (Å²) < 4.78 is 41.9. The van der Waals surface area contributed by atoms with E-state index in [1.54, 1.807) is 0 Å². The summed E-state index contributed by atoms with van der Waals surface area (Å²) in [5.74, 6) is 1.43. The van der Waals surface area contributed by atoms with Gasteiger partial charge in [0.2, 0.25) is 5.69 Å². The van der Waals surface area contributed by atoms with Gasteiger partial charge in [-0.3, -0.25) is 4.55 Å². The summed E-state index contributed by atoms with van der Waals surface area (Å²) in [7, 11) is -4.02. The number of thiocarbonyl (C=S) groups is 1.